The van der Waals surface area contributed by atoms with Gasteiger partial charge in [0.25, 0.3) is 0 Å². The molecule has 9 heteroatoms. The van der Waals surface area contributed by atoms with E-state index < -0.39 is 34.5 Å². The van der Waals surface area contributed by atoms with Crippen molar-refractivity contribution >= 4 is 21.7 Å². The number of aliphatic hydroxyl groups excluding tert-OH is 1. The number of nitrogen functional groups attached to an aromatic ring is 1. The first-order chi connectivity index (χ1) is 9.19. The molecule has 7 nitrogen and oxygen atoms in total. The van der Waals surface area contributed by atoms with Crippen LogP contribution in [0.15, 0.2) is 17.0 Å². The summed E-state index contributed by atoms with van der Waals surface area (Å²) in [7, 11) is -3.06. The maximum absolute atomic E-state index is 13.5. The van der Waals surface area contributed by atoms with Gasteiger partial charge in [-0.1, -0.05) is 0 Å². The standard InChI is InChI=1S/C11H15FN2O5S/c1-6-8(12)3-7(13)4-10(6)20(17,18)14-5-9(15)11(16)19-2/h3-4,9,14-15H,5,13H2,1-2H3. The van der Waals surface area contributed by atoms with E-state index in [1.165, 1.54) is 6.92 Å². The molecule has 1 aromatic carbocycles. The van der Waals surface area contributed by atoms with Gasteiger partial charge in [-0.15, -0.1) is 0 Å². The fraction of sp³-hybridized carbons (Fsp3) is 0.364. The largest absolute Gasteiger partial charge is 0.467 e. The van der Waals surface area contributed by atoms with E-state index in [1.807, 2.05) is 4.72 Å². The normalized spacial score (nSPS) is 13.0. The topological polar surface area (TPSA) is 119 Å². The van der Waals surface area contributed by atoms with Crippen molar-refractivity contribution in [1.82, 2.24) is 4.72 Å². The molecule has 0 saturated heterocycles. The highest BCUT2D eigenvalue weighted by atomic mass is 32.2. The minimum Gasteiger partial charge on any atom is -0.467 e. The molecular weight excluding hydrogens is 291 g/mol. The van der Waals surface area contributed by atoms with E-state index in [2.05, 4.69) is 4.74 Å². The van der Waals surface area contributed by atoms with Crippen LogP contribution in [0, 0.1) is 12.7 Å². The SMILES string of the molecule is COC(=O)C(O)CNS(=O)(=O)c1cc(N)cc(F)c1C. The number of halogens is 1. The van der Waals surface area contributed by atoms with Crippen molar-refractivity contribution in [2.24, 2.45) is 0 Å². The lowest BCUT2D eigenvalue weighted by Crippen LogP contribution is -2.37. The Kier molecular flexibility index (Phi) is 5.03. The number of rotatable bonds is 5. The Bertz CT molecular complexity index is 617. The van der Waals surface area contributed by atoms with Crippen LogP contribution in [0.2, 0.25) is 0 Å². The van der Waals surface area contributed by atoms with Crippen LogP contribution in [0.5, 0.6) is 0 Å². The Labute approximate surface area is 115 Å². The quantitative estimate of drug-likeness (QED) is 0.500. The van der Waals surface area contributed by atoms with Gasteiger partial charge in [0.15, 0.2) is 6.10 Å². The van der Waals surface area contributed by atoms with Crippen molar-refractivity contribution in [3.63, 3.8) is 0 Å². The second-order valence-corrected chi connectivity index (χ2v) is 5.75. The molecule has 0 aliphatic carbocycles. The highest BCUT2D eigenvalue weighted by Gasteiger charge is 2.23. The molecule has 0 spiro atoms. The summed E-state index contributed by atoms with van der Waals surface area (Å²) in [5.41, 5.74) is 5.23. The number of carbonyl (C=O) groups excluding carboxylic acids is 1. The Balaban J connectivity index is 2.98. The van der Waals surface area contributed by atoms with E-state index in [9.17, 15) is 22.7 Å². The molecule has 0 radical (unpaired) electrons. The van der Waals surface area contributed by atoms with Gasteiger partial charge >= 0.3 is 5.97 Å². The Morgan fingerprint density at radius 2 is 2.15 bits per heavy atom. The van der Waals surface area contributed by atoms with E-state index in [-0.39, 0.29) is 16.1 Å². The maximum Gasteiger partial charge on any atom is 0.336 e. The fourth-order valence-corrected chi connectivity index (χ4v) is 2.76. The molecule has 1 aromatic rings. The zero-order valence-corrected chi connectivity index (χ0v) is 11.7. The number of hydrogen-bond donors (Lipinski definition) is 3. The number of anilines is 1. The summed E-state index contributed by atoms with van der Waals surface area (Å²) >= 11 is 0. The lowest BCUT2D eigenvalue weighted by Gasteiger charge is -2.13. The van der Waals surface area contributed by atoms with Crippen molar-refractivity contribution in [3.05, 3.63) is 23.5 Å². The van der Waals surface area contributed by atoms with Crippen LogP contribution in [-0.2, 0) is 19.6 Å². The van der Waals surface area contributed by atoms with Gasteiger partial charge in [0.05, 0.1) is 12.0 Å². The number of methoxy groups -OCH3 is 1. The summed E-state index contributed by atoms with van der Waals surface area (Å²) in [4.78, 5) is 10.6. The molecular formula is C11H15FN2O5S. The number of esters is 1. The van der Waals surface area contributed by atoms with Crippen molar-refractivity contribution in [2.75, 3.05) is 19.4 Å². The molecule has 4 N–H and O–H groups in total. The van der Waals surface area contributed by atoms with Crippen LogP contribution in [0.3, 0.4) is 0 Å². The minimum absolute atomic E-state index is 0.0537. The molecule has 0 amide bonds. The Morgan fingerprint density at radius 1 is 1.55 bits per heavy atom. The van der Waals surface area contributed by atoms with Gasteiger partial charge in [0.1, 0.15) is 5.82 Å². The average Bonchev–Trinajstić information content (AvgIpc) is 2.39. The summed E-state index contributed by atoms with van der Waals surface area (Å²) < 4.78 is 43.6. The van der Waals surface area contributed by atoms with E-state index in [4.69, 9.17) is 5.73 Å². The van der Waals surface area contributed by atoms with Crippen LogP contribution in [0.1, 0.15) is 5.56 Å². The zero-order chi connectivity index (χ0) is 15.5. The predicted octanol–water partition coefficient (Wildman–Crippen LogP) is -0.471. The summed E-state index contributed by atoms with van der Waals surface area (Å²) in [5, 5.41) is 9.31. The van der Waals surface area contributed by atoms with Crippen molar-refractivity contribution < 1.29 is 27.4 Å². The monoisotopic (exact) mass is 306 g/mol. The number of nitrogens with two attached hydrogens (primary N) is 1. The highest BCUT2D eigenvalue weighted by molar-refractivity contribution is 7.89. The average molecular weight is 306 g/mol. The smallest absolute Gasteiger partial charge is 0.336 e. The number of aliphatic hydroxyl groups is 1. The first kappa shape index (κ1) is 16.3. The van der Waals surface area contributed by atoms with Gasteiger partial charge in [-0.3, -0.25) is 0 Å². The minimum atomic E-state index is -4.11. The van der Waals surface area contributed by atoms with Crippen LogP contribution in [-0.4, -0.2) is 39.3 Å². The van der Waals surface area contributed by atoms with Gasteiger partial charge in [-0.05, 0) is 19.1 Å². The predicted molar refractivity (Wildman–Crippen MR) is 68.8 cm³/mol. The third-order valence-corrected chi connectivity index (χ3v) is 4.10. The van der Waals surface area contributed by atoms with Crippen LogP contribution >= 0.6 is 0 Å². The molecule has 1 unspecified atom stereocenters. The van der Waals surface area contributed by atoms with E-state index in [1.54, 1.807) is 0 Å². The number of hydrogen-bond acceptors (Lipinski definition) is 6. The number of sulfonamides is 1. The lowest BCUT2D eigenvalue weighted by molar-refractivity contribution is -0.149. The van der Waals surface area contributed by atoms with Gasteiger partial charge in [-0.2, -0.15) is 0 Å². The van der Waals surface area contributed by atoms with Crippen LogP contribution in [0.4, 0.5) is 10.1 Å². The molecule has 20 heavy (non-hydrogen) atoms. The first-order valence-electron chi connectivity index (χ1n) is 5.50. The highest BCUT2D eigenvalue weighted by Crippen LogP contribution is 2.21. The lowest BCUT2D eigenvalue weighted by atomic mass is 10.2. The van der Waals surface area contributed by atoms with E-state index >= 15 is 0 Å². The first-order valence-corrected chi connectivity index (χ1v) is 6.98. The summed E-state index contributed by atoms with van der Waals surface area (Å²) in [6.07, 6.45) is -1.65. The number of carbonyl (C=O) groups is 1. The van der Waals surface area contributed by atoms with Gasteiger partial charge in [0.2, 0.25) is 10.0 Å². The Hall–Kier alpha value is -1.71. The van der Waals surface area contributed by atoms with E-state index in [0.717, 1.165) is 19.2 Å². The molecule has 0 aromatic heterocycles. The van der Waals surface area contributed by atoms with Crippen molar-refractivity contribution in [2.45, 2.75) is 17.9 Å². The third-order valence-electron chi connectivity index (χ3n) is 2.55. The zero-order valence-electron chi connectivity index (χ0n) is 10.9. The number of ether oxygens (including phenoxy) is 1. The van der Waals surface area contributed by atoms with Crippen LogP contribution < -0.4 is 10.5 Å². The van der Waals surface area contributed by atoms with Gasteiger partial charge in [-0.25, -0.2) is 22.3 Å². The van der Waals surface area contributed by atoms with Crippen molar-refractivity contribution in [1.29, 1.82) is 0 Å². The molecule has 0 aliphatic rings. The summed E-state index contributed by atoms with van der Waals surface area (Å²) in [6.45, 7) is 0.685. The third kappa shape index (κ3) is 3.65. The van der Waals surface area contributed by atoms with Gasteiger partial charge < -0.3 is 15.6 Å². The molecule has 1 rings (SSSR count). The molecule has 0 aliphatic heterocycles. The fourth-order valence-electron chi connectivity index (χ4n) is 1.44. The van der Waals surface area contributed by atoms with Crippen molar-refractivity contribution in [3.8, 4) is 0 Å². The number of nitrogens with one attached hydrogen (secondary N) is 1. The Morgan fingerprint density at radius 3 is 2.70 bits per heavy atom. The molecule has 112 valence electrons. The molecule has 1 atom stereocenters. The summed E-state index contributed by atoms with van der Waals surface area (Å²) in [5.74, 6) is -1.75. The van der Waals surface area contributed by atoms with E-state index in [0.29, 0.717) is 0 Å². The molecule has 0 fully saturated rings. The van der Waals surface area contributed by atoms with Crippen LogP contribution in [0.25, 0.3) is 0 Å². The second kappa shape index (κ2) is 6.16. The number of benzene rings is 1. The summed E-state index contributed by atoms with van der Waals surface area (Å²) in [6, 6.07) is 2.09. The second-order valence-electron chi connectivity index (χ2n) is 4.02. The molecule has 0 saturated carbocycles. The van der Waals surface area contributed by atoms with Gasteiger partial charge in [0, 0.05) is 17.8 Å². The molecule has 0 heterocycles. The maximum atomic E-state index is 13.5. The molecule has 0 bridgehead atoms.